The molecule has 0 bridgehead atoms. The van der Waals surface area contributed by atoms with Crippen LogP contribution in [-0.2, 0) is 10.1 Å². The van der Waals surface area contributed by atoms with Gasteiger partial charge in [0.15, 0.2) is 0 Å². The van der Waals surface area contributed by atoms with Gasteiger partial charge in [-0.25, -0.2) is 0 Å². The molecule has 3 nitrogen and oxygen atoms in total. The summed E-state index contributed by atoms with van der Waals surface area (Å²) in [4.78, 5) is -0.0811. The molecular formula is C18H14O3S. The molecule has 0 atom stereocenters. The predicted octanol–water partition coefficient (Wildman–Crippen LogP) is 4.27. The molecule has 0 aromatic heterocycles. The van der Waals surface area contributed by atoms with Gasteiger partial charge in [0.1, 0.15) is 4.90 Å². The lowest BCUT2D eigenvalue weighted by Crippen LogP contribution is -2.00. The van der Waals surface area contributed by atoms with Crippen molar-refractivity contribution in [3.63, 3.8) is 0 Å². The highest BCUT2D eigenvalue weighted by Crippen LogP contribution is 2.29. The molecule has 3 rings (SSSR count). The van der Waals surface area contributed by atoms with Crippen LogP contribution in [0.4, 0.5) is 0 Å². The highest BCUT2D eigenvalue weighted by atomic mass is 32.2. The molecule has 22 heavy (non-hydrogen) atoms. The average molecular weight is 310 g/mol. The van der Waals surface area contributed by atoms with E-state index in [2.05, 4.69) is 0 Å². The minimum Gasteiger partial charge on any atom is -0.282 e. The Balaban J connectivity index is 2.05. The van der Waals surface area contributed by atoms with Crippen LogP contribution in [0.15, 0.2) is 83.8 Å². The second kappa shape index (κ2) is 5.75. The molecule has 0 heterocycles. The van der Waals surface area contributed by atoms with Gasteiger partial charge in [0.05, 0.1) is 0 Å². The average Bonchev–Trinajstić information content (AvgIpc) is 2.55. The van der Waals surface area contributed by atoms with Crippen LogP contribution in [0.5, 0.6) is 0 Å². The Morgan fingerprint density at radius 1 is 0.591 bits per heavy atom. The largest absolute Gasteiger partial charge is 0.295 e. The van der Waals surface area contributed by atoms with Gasteiger partial charge in [-0.3, -0.25) is 4.55 Å². The summed E-state index contributed by atoms with van der Waals surface area (Å²) < 4.78 is 32.3. The molecule has 0 saturated heterocycles. The minimum atomic E-state index is -4.24. The van der Waals surface area contributed by atoms with Crippen molar-refractivity contribution in [2.45, 2.75) is 4.90 Å². The first-order valence-corrected chi connectivity index (χ1v) is 8.22. The summed E-state index contributed by atoms with van der Waals surface area (Å²) >= 11 is 0. The van der Waals surface area contributed by atoms with E-state index in [-0.39, 0.29) is 4.90 Å². The maximum Gasteiger partial charge on any atom is 0.295 e. The normalized spacial score (nSPS) is 11.3. The SMILES string of the molecule is O=S(=O)(O)c1ccccc1-c1ccc(-c2ccccc2)cc1. The molecular weight excluding hydrogens is 296 g/mol. The fraction of sp³-hybridized carbons (Fsp3) is 0. The molecule has 0 unspecified atom stereocenters. The van der Waals surface area contributed by atoms with Gasteiger partial charge < -0.3 is 0 Å². The Hall–Kier alpha value is -2.43. The fourth-order valence-electron chi connectivity index (χ4n) is 2.40. The van der Waals surface area contributed by atoms with E-state index in [4.69, 9.17) is 0 Å². The van der Waals surface area contributed by atoms with Gasteiger partial charge in [0.25, 0.3) is 10.1 Å². The van der Waals surface area contributed by atoms with E-state index in [0.29, 0.717) is 5.56 Å². The third-order valence-electron chi connectivity index (χ3n) is 3.47. The Morgan fingerprint density at radius 3 is 1.73 bits per heavy atom. The van der Waals surface area contributed by atoms with Crippen molar-refractivity contribution in [1.82, 2.24) is 0 Å². The summed E-state index contributed by atoms with van der Waals surface area (Å²) in [6, 6.07) is 23.9. The Morgan fingerprint density at radius 2 is 1.09 bits per heavy atom. The summed E-state index contributed by atoms with van der Waals surface area (Å²) in [6.45, 7) is 0. The molecule has 3 aromatic carbocycles. The maximum absolute atomic E-state index is 11.5. The first kappa shape index (κ1) is 14.5. The van der Waals surface area contributed by atoms with Crippen molar-refractivity contribution in [2.24, 2.45) is 0 Å². The zero-order valence-electron chi connectivity index (χ0n) is 11.7. The molecule has 0 spiro atoms. The summed E-state index contributed by atoms with van der Waals surface area (Å²) in [6.07, 6.45) is 0. The highest BCUT2D eigenvalue weighted by Gasteiger charge is 2.15. The quantitative estimate of drug-likeness (QED) is 0.735. The molecule has 0 aliphatic carbocycles. The van der Waals surface area contributed by atoms with Gasteiger partial charge in [0, 0.05) is 5.56 Å². The third-order valence-corrected chi connectivity index (χ3v) is 4.38. The molecule has 0 amide bonds. The molecule has 1 N–H and O–H groups in total. The van der Waals surface area contributed by atoms with Gasteiger partial charge in [0.2, 0.25) is 0 Å². The van der Waals surface area contributed by atoms with Crippen molar-refractivity contribution < 1.29 is 13.0 Å². The molecule has 0 fully saturated rings. The van der Waals surface area contributed by atoms with Crippen molar-refractivity contribution >= 4 is 10.1 Å². The fourth-order valence-corrected chi connectivity index (χ4v) is 3.12. The van der Waals surface area contributed by atoms with Gasteiger partial charge in [-0.15, -0.1) is 0 Å². The van der Waals surface area contributed by atoms with Crippen LogP contribution >= 0.6 is 0 Å². The third kappa shape index (κ3) is 2.93. The van der Waals surface area contributed by atoms with Crippen molar-refractivity contribution in [3.05, 3.63) is 78.9 Å². The molecule has 0 aliphatic heterocycles. The topological polar surface area (TPSA) is 54.4 Å². The zero-order valence-corrected chi connectivity index (χ0v) is 12.5. The van der Waals surface area contributed by atoms with Crippen LogP contribution in [0.25, 0.3) is 22.3 Å². The van der Waals surface area contributed by atoms with E-state index >= 15 is 0 Å². The number of hydrogen-bond acceptors (Lipinski definition) is 2. The summed E-state index contributed by atoms with van der Waals surface area (Å²) in [5.74, 6) is 0. The standard InChI is InChI=1S/C18H14O3S/c19-22(20,21)18-9-5-4-8-17(18)16-12-10-15(11-13-16)14-6-2-1-3-7-14/h1-13H,(H,19,20,21). The predicted molar refractivity (Wildman–Crippen MR) is 87.1 cm³/mol. The molecule has 3 aromatic rings. The van der Waals surface area contributed by atoms with Crippen LogP contribution in [0.2, 0.25) is 0 Å². The second-order valence-electron chi connectivity index (χ2n) is 4.91. The van der Waals surface area contributed by atoms with E-state index in [9.17, 15) is 13.0 Å². The van der Waals surface area contributed by atoms with Gasteiger partial charge >= 0.3 is 0 Å². The van der Waals surface area contributed by atoms with Crippen molar-refractivity contribution in [2.75, 3.05) is 0 Å². The van der Waals surface area contributed by atoms with Crippen LogP contribution in [0.1, 0.15) is 0 Å². The Labute approximate surface area is 129 Å². The highest BCUT2D eigenvalue weighted by molar-refractivity contribution is 7.86. The van der Waals surface area contributed by atoms with Crippen molar-refractivity contribution in [1.29, 1.82) is 0 Å². The second-order valence-corrected chi connectivity index (χ2v) is 6.30. The minimum absolute atomic E-state index is 0.0811. The molecule has 0 saturated carbocycles. The van der Waals surface area contributed by atoms with Gasteiger partial charge in [-0.1, -0.05) is 72.8 Å². The lowest BCUT2D eigenvalue weighted by molar-refractivity contribution is 0.483. The van der Waals surface area contributed by atoms with Crippen LogP contribution in [0, 0.1) is 0 Å². The van der Waals surface area contributed by atoms with Crippen LogP contribution in [-0.4, -0.2) is 13.0 Å². The Kier molecular flexibility index (Phi) is 3.79. The Bertz CT molecular complexity index is 883. The van der Waals surface area contributed by atoms with E-state index < -0.39 is 10.1 Å². The van der Waals surface area contributed by atoms with Gasteiger partial charge in [-0.2, -0.15) is 8.42 Å². The number of benzene rings is 3. The van der Waals surface area contributed by atoms with E-state index in [1.165, 1.54) is 6.07 Å². The smallest absolute Gasteiger partial charge is 0.282 e. The number of rotatable bonds is 3. The van der Waals surface area contributed by atoms with Crippen LogP contribution in [0.3, 0.4) is 0 Å². The first-order chi connectivity index (χ1) is 10.6. The molecule has 0 aliphatic rings. The maximum atomic E-state index is 11.5. The molecule has 0 radical (unpaired) electrons. The van der Waals surface area contributed by atoms with Crippen molar-refractivity contribution in [3.8, 4) is 22.3 Å². The summed E-state index contributed by atoms with van der Waals surface area (Å²) in [5, 5.41) is 0. The zero-order chi connectivity index (χ0) is 15.6. The van der Waals surface area contributed by atoms with E-state index in [1.807, 2.05) is 54.6 Å². The monoisotopic (exact) mass is 310 g/mol. The van der Waals surface area contributed by atoms with Crippen LogP contribution < -0.4 is 0 Å². The lowest BCUT2D eigenvalue weighted by Gasteiger charge is -2.08. The summed E-state index contributed by atoms with van der Waals surface area (Å²) in [7, 11) is -4.24. The lowest BCUT2D eigenvalue weighted by atomic mass is 10.0. The van der Waals surface area contributed by atoms with Gasteiger partial charge in [-0.05, 0) is 22.8 Å². The molecule has 110 valence electrons. The summed E-state index contributed by atoms with van der Waals surface area (Å²) in [5.41, 5.74) is 3.38. The van der Waals surface area contributed by atoms with E-state index in [0.717, 1.165) is 16.7 Å². The number of hydrogen-bond donors (Lipinski definition) is 1. The van der Waals surface area contributed by atoms with E-state index in [1.54, 1.807) is 18.2 Å². The first-order valence-electron chi connectivity index (χ1n) is 6.78. The molecule has 4 heteroatoms.